The lowest BCUT2D eigenvalue weighted by molar-refractivity contribution is -0.385. The molecule has 0 aliphatic heterocycles. The van der Waals surface area contributed by atoms with Crippen LogP contribution in [-0.4, -0.2) is 35.9 Å². The number of benzene rings is 2. The number of rotatable bonds is 6. The molecule has 1 amide bonds. The Balaban J connectivity index is 0.000000292. The SMILES string of the molecule is COc1cc([N+](=O)[O-])ccc1N.COc1cc([N+](=O)[O-])ccc1NC(=O)CCl. The number of nitrogen functional groups attached to an aromatic ring is 1. The van der Waals surface area contributed by atoms with Crippen molar-refractivity contribution in [2.24, 2.45) is 0 Å². The lowest BCUT2D eigenvalue weighted by Gasteiger charge is -2.08. The van der Waals surface area contributed by atoms with E-state index in [0.717, 1.165) is 0 Å². The quantitative estimate of drug-likeness (QED) is 0.317. The van der Waals surface area contributed by atoms with Gasteiger partial charge in [-0.1, -0.05) is 0 Å². The van der Waals surface area contributed by atoms with E-state index in [2.05, 4.69) is 5.32 Å². The summed E-state index contributed by atoms with van der Waals surface area (Å²) in [5, 5.41) is 23.2. The number of non-ortho nitro benzene ring substituents is 2. The average Bonchev–Trinajstić information content (AvgIpc) is 2.68. The van der Waals surface area contributed by atoms with E-state index in [-0.39, 0.29) is 23.0 Å². The fourth-order valence-electron chi connectivity index (χ4n) is 1.89. The third kappa shape index (κ3) is 6.29. The van der Waals surface area contributed by atoms with Crippen LogP contribution in [0.4, 0.5) is 22.7 Å². The van der Waals surface area contributed by atoms with Crippen LogP contribution in [0, 0.1) is 20.2 Å². The molecule has 2 aromatic rings. The number of nitrogens with zero attached hydrogens (tertiary/aromatic N) is 2. The van der Waals surface area contributed by atoms with E-state index in [1.165, 1.54) is 50.6 Å². The minimum Gasteiger partial charge on any atom is -0.494 e. The van der Waals surface area contributed by atoms with E-state index in [1.54, 1.807) is 0 Å². The standard InChI is InChI=1S/C9H9ClN2O4.C7H8N2O3/c1-16-8-4-6(12(14)15)2-3-7(8)11-9(13)5-10;1-12-7-4-5(9(10)11)2-3-6(7)8/h2-4H,5H2,1H3,(H,11,13);2-4H,8H2,1H3. The Labute approximate surface area is 164 Å². The summed E-state index contributed by atoms with van der Waals surface area (Å²) in [4.78, 5) is 30.8. The zero-order valence-electron chi connectivity index (χ0n) is 14.9. The highest BCUT2D eigenvalue weighted by Crippen LogP contribution is 2.29. The van der Waals surface area contributed by atoms with Crippen molar-refractivity contribution in [2.75, 3.05) is 31.2 Å². The van der Waals surface area contributed by atoms with Crippen molar-refractivity contribution in [3.05, 3.63) is 56.6 Å². The molecule has 2 aromatic carbocycles. The molecule has 0 saturated heterocycles. The Kier molecular flexibility index (Phi) is 8.44. The maximum atomic E-state index is 11.0. The van der Waals surface area contributed by atoms with Crippen LogP contribution in [0.25, 0.3) is 0 Å². The van der Waals surface area contributed by atoms with E-state index < -0.39 is 15.8 Å². The first-order chi connectivity index (χ1) is 13.2. The van der Waals surface area contributed by atoms with E-state index >= 15 is 0 Å². The van der Waals surface area contributed by atoms with Crippen molar-refractivity contribution in [2.45, 2.75) is 0 Å². The number of methoxy groups -OCH3 is 2. The topological polar surface area (TPSA) is 160 Å². The van der Waals surface area contributed by atoms with Gasteiger partial charge in [0, 0.05) is 12.1 Å². The highest BCUT2D eigenvalue weighted by Gasteiger charge is 2.12. The van der Waals surface area contributed by atoms with Gasteiger partial charge < -0.3 is 20.5 Å². The fraction of sp³-hybridized carbons (Fsp3) is 0.188. The van der Waals surface area contributed by atoms with Crippen LogP contribution in [0.1, 0.15) is 0 Å². The number of hydrogen-bond donors (Lipinski definition) is 2. The molecule has 0 radical (unpaired) electrons. The smallest absolute Gasteiger partial charge is 0.273 e. The highest BCUT2D eigenvalue weighted by molar-refractivity contribution is 6.29. The molecule has 28 heavy (non-hydrogen) atoms. The third-order valence-corrected chi connectivity index (χ3v) is 3.46. The van der Waals surface area contributed by atoms with Gasteiger partial charge in [-0.05, 0) is 12.1 Å². The molecule has 12 heteroatoms. The van der Waals surface area contributed by atoms with Gasteiger partial charge in [0.05, 0.1) is 47.6 Å². The number of anilines is 2. The number of amides is 1. The summed E-state index contributed by atoms with van der Waals surface area (Å²) in [7, 11) is 2.77. The number of nitro groups is 2. The van der Waals surface area contributed by atoms with Gasteiger partial charge in [-0.15, -0.1) is 11.6 Å². The Hall–Kier alpha value is -3.60. The summed E-state index contributed by atoms with van der Waals surface area (Å²) in [6.45, 7) is 0. The first-order valence-corrected chi connectivity index (χ1v) is 8.03. The second kappa shape index (κ2) is 10.5. The van der Waals surface area contributed by atoms with Crippen LogP contribution in [0.5, 0.6) is 11.5 Å². The fourth-order valence-corrected chi connectivity index (χ4v) is 1.96. The van der Waals surface area contributed by atoms with Crippen LogP contribution in [0.15, 0.2) is 36.4 Å². The van der Waals surface area contributed by atoms with Gasteiger partial charge in [-0.25, -0.2) is 0 Å². The van der Waals surface area contributed by atoms with Gasteiger partial charge in [-0.3, -0.25) is 25.0 Å². The second-order valence-corrected chi connectivity index (χ2v) is 5.27. The molecule has 0 bridgehead atoms. The highest BCUT2D eigenvalue weighted by atomic mass is 35.5. The largest absolute Gasteiger partial charge is 0.494 e. The van der Waals surface area contributed by atoms with Crippen LogP contribution >= 0.6 is 11.6 Å². The number of ether oxygens (including phenoxy) is 2. The summed E-state index contributed by atoms with van der Waals surface area (Å²) in [5.74, 6) is -0.0640. The summed E-state index contributed by atoms with van der Waals surface area (Å²) in [5.41, 5.74) is 6.05. The summed E-state index contributed by atoms with van der Waals surface area (Å²) in [6.07, 6.45) is 0. The van der Waals surface area contributed by atoms with E-state index in [4.69, 9.17) is 26.8 Å². The van der Waals surface area contributed by atoms with Crippen molar-refractivity contribution >= 4 is 40.3 Å². The van der Waals surface area contributed by atoms with Gasteiger partial charge in [0.25, 0.3) is 11.4 Å². The molecule has 0 unspecified atom stereocenters. The Morgan fingerprint density at radius 2 is 1.54 bits per heavy atom. The molecular formula is C16H17ClN4O7. The molecule has 0 atom stereocenters. The molecule has 0 aliphatic rings. The minimum absolute atomic E-state index is 0.0268. The van der Waals surface area contributed by atoms with Crippen molar-refractivity contribution in [1.82, 2.24) is 0 Å². The molecule has 3 N–H and O–H groups in total. The molecular weight excluding hydrogens is 396 g/mol. The number of halogens is 1. The predicted octanol–water partition coefficient (Wildman–Crippen LogP) is 2.97. The summed E-state index contributed by atoms with van der Waals surface area (Å²) in [6, 6.07) is 7.95. The van der Waals surface area contributed by atoms with Crippen molar-refractivity contribution in [1.29, 1.82) is 0 Å². The van der Waals surface area contributed by atoms with Crippen molar-refractivity contribution in [3.8, 4) is 11.5 Å². The van der Waals surface area contributed by atoms with E-state index in [1.807, 2.05) is 0 Å². The maximum absolute atomic E-state index is 11.0. The monoisotopic (exact) mass is 412 g/mol. The van der Waals surface area contributed by atoms with E-state index in [9.17, 15) is 25.0 Å². The van der Waals surface area contributed by atoms with Crippen LogP contribution in [-0.2, 0) is 4.79 Å². The number of carbonyl (C=O) groups excluding carboxylic acids is 1. The van der Waals surface area contributed by atoms with Crippen LogP contribution in [0.3, 0.4) is 0 Å². The lowest BCUT2D eigenvalue weighted by Crippen LogP contribution is -2.13. The van der Waals surface area contributed by atoms with Gasteiger partial charge >= 0.3 is 0 Å². The van der Waals surface area contributed by atoms with Gasteiger partial charge in [0.2, 0.25) is 5.91 Å². The average molecular weight is 413 g/mol. The summed E-state index contributed by atoms with van der Waals surface area (Å²) >= 11 is 5.32. The van der Waals surface area contributed by atoms with Gasteiger partial charge in [-0.2, -0.15) is 0 Å². The van der Waals surface area contributed by atoms with Crippen LogP contribution in [0.2, 0.25) is 0 Å². The zero-order valence-corrected chi connectivity index (χ0v) is 15.6. The first-order valence-electron chi connectivity index (χ1n) is 7.49. The van der Waals surface area contributed by atoms with E-state index in [0.29, 0.717) is 17.1 Å². The lowest BCUT2D eigenvalue weighted by atomic mass is 10.2. The maximum Gasteiger partial charge on any atom is 0.273 e. The molecule has 0 aliphatic carbocycles. The predicted molar refractivity (Wildman–Crippen MR) is 103 cm³/mol. The second-order valence-electron chi connectivity index (χ2n) is 5.01. The third-order valence-electron chi connectivity index (χ3n) is 3.22. The number of nitrogens with two attached hydrogens (primary N) is 1. The number of alkyl halides is 1. The molecule has 2 rings (SSSR count). The molecule has 0 saturated carbocycles. The number of nitro benzene ring substituents is 2. The molecule has 0 heterocycles. The Morgan fingerprint density at radius 1 is 1.04 bits per heavy atom. The van der Waals surface area contributed by atoms with Gasteiger partial charge in [0.15, 0.2) is 0 Å². The minimum atomic E-state index is -0.546. The molecule has 0 fully saturated rings. The molecule has 11 nitrogen and oxygen atoms in total. The van der Waals surface area contributed by atoms with Crippen LogP contribution < -0.4 is 20.5 Å². The Bertz CT molecular complexity index is 876. The number of carbonyl (C=O) groups is 1. The first kappa shape index (κ1) is 22.4. The van der Waals surface area contributed by atoms with Crippen molar-refractivity contribution < 1.29 is 24.1 Å². The normalized spacial score (nSPS) is 9.54. The Morgan fingerprint density at radius 3 is 2.00 bits per heavy atom. The molecule has 150 valence electrons. The number of nitrogens with one attached hydrogen (secondary N) is 1. The zero-order chi connectivity index (χ0) is 21.3. The molecule has 0 aromatic heterocycles. The molecule has 0 spiro atoms. The summed E-state index contributed by atoms with van der Waals surface area (Å²) < 4.78 is 9.73. The van der Waals surface area contributed by atoms with Gasteiger partial charge in [0.1, 0.15) is 17.4 Å². The van der Waals surface area contributed by atoms with Crippen molar-refractivity contribution in [3.63, 3.8) is 0 Å². The number of hydrogen-bond acceptors (Lipinski definition) is 8.